The van der Waals surface area contributed by atoms with Crippen LogP contribution in [0.2, 0.25) is 0 Å². The van der Waals surface area contributed by atoms with Crippen LogP contribution >= 0.6 is 0 Å². The molecule has 2 rings (SSSR count). The Balaban J connectivity index is 2.03. The largest absolute Gasteiger partial charge is 0.311 e. The lowest BCUT2D eigenvalue weighted by molar-refractivity contribution is 0.0243. The first-order chi connectivity index (χ1) is 9.65. The minimum atomic E-state index is 0.720. The van der Waals surface area contributed by atoms with Gasteiger partial charge in [0.2, 0.25) is 0 Å². The molecule has 1 saturated carbocycles. The zero-order valence-electron chi connectivity index (χ0n) is 14.2. The average Bonchev–Trinajstić information content (AvgIpc) is 2.46. The summed E-state index contributed by atoms with van der Waals surface area (Å²) < 4.78 is 0. The molecule has 0 aromatic carbocycles. The van der Waals surface area contributed by atoms with Gasteiger partial charge in [-0.15, -0.1) is 0 Å². The van der Waals surface area contributed by atoms with Gasteiger partial charge in [0, 0.05) is 31.2 Å². The summed E-state index contributed by atoms with van der Waals surface area (Å²) in [5.74, 6) is 1.76. The van der Waals surface area contributed by atoms with E-state index in [1.165, 1.54) is 58.0 Å². The molecule has 118 valence electrons. The first kappa shape index (κ1) is 16.3. The van der Waals surface area contributed by atoms with E-state index in [-0.39, 0.29) is 0 Å². The maximum absolute atomic E-state index is 3.81. The molecule has 1 saturated heterocycles. The molecule has 1 aliphatic carbocycles. The molecule has 1 aliphatic heterocycles. The Labute approximate surface area is 126 Å². The van der Waals surface area contributed by atoms with Crippen molar-refractivity contribution in [2.45, 2.75) is 90.8 Å². The van der Waals surface area contributed by atoms with E-state index in [1.807, 2.05) is 0 Å². The van der Waals surface area contributed by atoms with Crippen LogP contribution in [0.4, 0.5) is 0 Å². The molecule has 2 heteroatoms. The number of piperazine rings is 1. The molecule has 2 fully saturated rings. The average molecular weight is 281 g/mol. The highest BCUT2D eigenvalue weighted by atomic mass is 15.3. The molecular formula is C18H36N2. The van der Waals surface area contributed by atoms with E-state index in [2.05, 4.69) is 37.9 Å². The van der Waals surface area contributed by atoms with Gasteiger partial charge in [-0.25, -0.2) is 0 Å². The van der Waals surface area contributed by atoms with Crippen molar-refractivity contribution >= 4 is 0 Å². The Hall–Kier alpha value is -0.0800. The van der Waals surface area contributed by atoms with Crippen molar-refractivity contribution in [2.24, 2.45) is 11.8 Å². The highest BCUT2D eigenvalue weighted by Gasteiger charge is 2.36. The quantitative estimate of drug-likeness (QED) is 0.817. The summed E-state index contributed by atoms with van der Waals surface area (Å²) in [6.45, 7) is 12.0. The molecule has 1 heterocycles. The zero-order valence-corrected chi connectivity index (χ0v) is 14.2. The van der Waals surface area contributed by atoms with Gasteiger partial charge in [0.15, 0.2) is 0 Å². The molecule has 2 nitrogen and oxygen atoms in total. The van der Waals surface area contributed by atoms with Gasteiger partial charge < -0.3 is 5.32 Å². The van der Waals surface area contributed by atoms with Crippen molar-refractivity contribution in [1.82, 2.24) is 10.2 Å². The third-order valence-electron chi connectivity index (χ3n) is 5.59. The topological polar surface area (TPSA) is 15.3 Å². The van der Waals surface area contributed by atoms with Gasteiger partial charge in [0.05, 0.1) is 0 Å². The number of hydrogen-bond acceptors (Lipinski definition) is 2. The van der Waals surface area contributed by atoms with Crippen molar-refractivity contribution in [2.75, 3.05) is 13.1 Å². The summed E-state index contributed by atoms with van der Waals surface area (Å²) in [6, 6.07) is 2.36. The van der Waals surface area contributed by atoms with Crippen molar-refractivity contribution in [3.63, 3.8) is 0 Å². The fraction of sp³-hybridized carbons (Fsp3) is 1.00. The molecular weight excluding hydrogens is 244 g/mol. The van der Waals surface area contributed by atoms with Crippen molar-refractivity contribution in [1.29, 1.82) is 0 Å². The second kappa shape index (κ2) is 7.79. The predicted molar refractivity (Wildman–Crippen MR) is 88.1 cm³/mol. The smallest absolute Gasteiger partial charge is 0.0221 e. The molecule has 0 radical (unpaired) electrons. The van der Waals surface area contributed by atoms with Crippen LogP contribution < -0.4 is 5.32 Å². The van der Waals surface area contributed by atoms with Crippen LogP contribution in [0.1, 0.15) is 72.6 Å². The van der Waals surface area contributed by atoms with Gasteiger partial charge in [-0.05, 0) is 37.5 Å². The van der Waals surface area contributed by atoms with Gasteiger partial charge in [-0.1, -0.05) is 47.0 Å². The normalized spacial score (nSPS) is 36.5. The minimum Gasteiger partial charge on any atom is -0.311 e. The number of nitrogens with one attached hydrogen (secondary N) is 1. The maximum atomic E-state index is 3.81. The van der Waals surface area contributed by atoms with Crippen LogP contribution in [0.5, 0.6) is 0 Å². The number of rotatable bonds is 5. The number of hydrogen-bond donors (Lipinski definition) is 1. The lowest BCUT2D eigenvalue weighted by atomic mass is 9.80. The van der Waals surface area contributed by atoms with E-state index >= 15 is 0 Å². The Morgan fingerprint density at radius 1 is 1.10 bits per heavy atom. The van der Waals surface area contributed by atoms with E-state index in [0.717, 1.165) is 30.0 Å². The van der Waals surface area contributed by atoms with E-state index in [1.54, 1.807) is 0 Å². The maximum Gasteiger partial charge on any atom is 0.0221 e. The summed E-state index contributed by atoms with van der Waals surface area (Å²) in [5.41, 5.74) is 0. The summed E-state index contributed by atoms with van der Waals surface area (Å²) in [6.07, 6.45) is 9.84. The lowest BCUT2D eigenvalue weighted by Crippen LogP contribution is -2.61. The molecule has 4 atom stereocenters. The first-order valence-corrected chi connectivity index (χ1v) is 9.14. The van der Waals surface area contributed by atoms with Crippen molar-refractivity contribution in [3.05, 3.63) is 0 Å². The molecule has 20 heavy (non-hydrogen) atoms. The Kier molecular flexibility index (Phi) is 6.35. The Morgan fingerprint density at radius 2 is 1.85 bits per heavy atom. The highest BCUT2D eigenvalue weighted by Crippen LogP contribution is 2.33. The van der Waals surface area contributed by atoms with E-state index in [0.29, 0.717) is 0 Å². The second-order valence-electron chi connectivity index (χ2n) is 7.51. The molecule has 0 aromatic heterocycles. The van der Waals surface area contributed by atoms with Gasteiger partial charge in [-0.3, -0.25) is 4.90 Å². The van der Waals surface area contributed by atoms with Crippen LogP contribution in [0.3, 0.4) is 0 Å². The standard InChI is InChI=1S/C18H36N2/c1-5-15-9-7-8-10-18(15)20-13-16(11-14(3)4)19-12-17(20)6-2/h14-19H,5-13H2,1-4H3. The van der Waals surface area contributed by atoms with Gasteiger partial charge >= 0.3 is 0 Å². The lowest BCUT2D eigenvalue weighted by Gasteiger charge is -2.48. The minimum absolute atomic E-state index is 0.720. The summed E-state index contributed by atoms with van der Waals surface area (Å²) in [4.78, 5) is 2.91. The number of nitrogens with zero attached hydrogens (tertiary/aromatic N) is 1. The summed E-state index contributed by atoms with van der Waals surface area (Å²) in [7, 11) is 0. The molecule has 0 aromatic rings. The summed E-state index contributed by atoms with van der Waals surface area (Å²) >= 11 is 0. The van der Waals surface area contributed by atoms with Crippen molar-refractivity contribution in [3.8, 4) is 0 Å². The third-order valence-corrected chi connectivity index (χ3v) is 5.59. The van der Waals surface area contributed by atoms with Gasteiger partial charge in [0.25, 0.3) is 0 Å². The zero-order chi connectivity index (χ0) is 14.5. The van der Waals surface area contributed by atoms with E-state index < -0.39 is 0 Å². The molecule has 4 unspecified atom stereocenters. The SMILES string of the molecule is CCC1CCCCC1N1CC(CC(C)C)NCC1CC. The highest BCUT2D eigenvalue weighted by molar-refractivity contribution is 4.93. The Morgan fingerprint density at radius 3 is 2.50 bits per heavy atom. The van der Waals surface area contributed by atoms with E-state index in [9.17, 15) is 0 Å². The van der Waals surface area contributed by atoms with Crippen LogP contribution in [0, 0.1) is 11.8 Å². The summed E-state index contributed by atoms with van der Waals surface area (Å²) in [5, 5.41) is 3.81. The molecule has 2 aliphatic rings. The monoisotopic (exact) mass is 280 g/mol. The Bertz CT molecular complexity index is 277. The van der Waals surface area contributed by atoms with Crippen LogP contribution in [-0.2, 0) is 0 Å². The molecule has 0 amide bonds. The third kappa shape index (κ3) is 3.98. The second-order valence-corrected chi connectivity index (χ2v) is 7.51. The van der Waals surface area contributed by atoms with Gasteiger partial charge in [-0.2, -0.15) is 0 Å². The fourth-order valence-electron chi connectivity index (χ4n) is 4.50. The van der Waals surface area contributed by atoms with Gasteiger partial charge in [0.1, 0.15) is 0 Å². The molecule has 1 N–H and O–H groups in total. The van der Waals surface area contributed by atoms with Crippen LogP contribution in [0.25, 0.3) is 0 Å². The predicted octanol–water partition coefficient (Wildman–Crippen LogP) is 4.05. The first-order valence-electron chi connectivity index (χ1n) is 9.14. The molecule has 0 spiro atoms. The fourth-order valence-corrected chi connectivity index (χ4v) is 4.50. The molecule has 0 bridgehead atoms. The van der Waals surface area contributed by atoms with Crippen LogP contribution in [0.15, 0.2) is 0 Å². The van der Waals surface area contributed by atoms with Crippen LogP contribution in [-0.4, -0.2) is 36.1 Å². The van der Waals surface area contributed by atoms with E-state index in [4.69, 9.17) is 0 Å². The van der Waals surface area contributed by atoms with Crippen molar-refractivity contribution < 1.29 is 0 Å².